The van der Waals surface area contributed by atoms with Crippen LogP contribution < -0.4 is 4.74 Å². The molecule has 0 saturated carbocycles. The van der Waals surface area contributed by atoms with E-state index in [1.165, 1.54) is 0 Å². The molecule has 0 bridgehead atoms. The zero-order valence-corrected chi connectivity index (χ0v) is 20.3. The zero-order chi connectivity index (χ0) is 24.6. The Balaban J connectivity index is 1.65. The molecule has 4 aromatic rings. The number of aryl methyl sites for hydroxylation is 2. The maximum absolute atomic E-state index is 13.0. The summed E-state index contributed by atoms with van der Waals surface area (Å²) in [6.45, 7) is 7.08. The Morgan fingerprint density at radius 3 is 2.40 bits per heavy atom. The number of pyridine rings is 1. The van der Waals surface area contributed by atoms with E-state index in [4.69, 9.17) is 9.47 Å². The molecule has 2 aromatic carbocycles. The summed E-state index contributed by atoms with van der Waals surface area (Å²) >= 11 is 0. The first-order valence-electron chi connectivity index (χ1n) is 11.6. The lowest BCUT2D eigenvalue weighted by molar-refractivity contribution is -0.136. The Labute approximate surface area is 205 Å². The lowest BCUT2D eigenvalue weighted by atomic mass is 10.0. The first kappa shape index (κ1) is 24.0. The lowest BCUT2D eigenvalue weighted by Crippen LogP contribution is -2.12. The van der Waals surface area contributed by atoms with Crippen LogP contribution in [0.5, 0.6) is 5.75 Å². The second-order valence-corrected chi connectivity index (χ2v) is 8.24. The van der Waals surface area contributed by atoms with Crippen molar-refractivity contribution < 1.29 is 14.3 Å². The van der Waals surface area contributed by atoms with Crippen molar-refractivity contribution in [2.24, 2.45) is 0 Å². The zero-order valence-electron chi connectivity index (χ0n) is 20.3. The Kier molecular flexibility index (Phi) is 7.73. The topological polar surface area (TPSA) is 66.2 Å². The summed E-state index contributed by atoms with van der Waals surface area (Å²) in [5.74, 6) is 0.980. The van der Waals surface area contributed by atoms with Crippen LogP contribution in [-0.2, 0) is 22.7 Å². The fourth-order valence-corrected chi connectivity index (χ4v) is 3.98. The number of hydrogen-bond acceptors (Lipinski definition) is 5. The first-order chi connectivity index (χ1) is 17.0. The lowest BCUT2D eigenvalue weighted by Gasteiger charge is -2.14. The molecule has 0 aliphatic carbocycles. The molecule has 0 amide bonds. The summed E-state index contributed by atoms with van der Waals surface area (Å²) in [4.78, 5) is 21.8. The summed E-state index contributed by atoms with van der Waals surface area (Å²) in [6, 6.07) is 19.8. The van der Waals surface area contributed by atoms with Gasteiger partial charge in [0.15, 0.2) is 0 Å². The van der Waals surface area contributed by atoms with Gasteiger partial charge in [0, 0.05) is 25.1 Å². The van der Waals surface area contributed by atoms with Crippen LogP contribution in [0.1, 0.15) is 40.7 Å². The largest absolute Gasteiger partial charge is 0.487 e. The number of carbonyl (C=O) groups excluding carboxylic acids is 1. The molecule has 0 atom stereocenters. The molecule has 2 heterocycles. The van der Waals surface area contributed by atoms with E-state index in [0.29, 0.717) is 24.5 Å². The molecule has 0 spiro atoms. The molecule has 4 rings (SSSR count). The average molecular weight is 468 g/mol. The third kappa shape index (κ3) is 6.03. The van der Waals surface area contributed by atoms with Crippen LogP contribution >= 0.6 is 0 Å². The molecule has 0 aliphatic rings. The van der Waals surface area contributed by atoms with Gasteiger partial charge in [0.05, 0.1) is 12.3 Å². The van der Waals surface area contributed by atoms with E-state index in [1.807, 2.05) is 91.4 Å². The minimum absolute atomic E-state index is 0.286. The van der Waals surface area contributed by atoms with Crippen molar-refractivity contribution in [3.63, 3.8) is 0 Å². The Morgan fingerprint density at radius 2 is 1.71 bits per heavy atom. The molecule has 0 aliphatic heterocycles. The molecule has 0 saturated heterocycles. The maximum atomic E-state index is 13.0. The molecule has 6 heteroatoms. The van der Waals surface area contributed by atoms with E-state index < -0.39 is 5.97 Å². The summed E-state index contributed by atoms with van der Waals surface area (Å²) in [7, 11) is 0. The summed E-state index contributed by atoms with van der Waals surface area (Å²) in [6.07, 6.45) is 7.17. The van der Waals surface area contributed by atoms with Gasteiger partial charge in [-0.15, -0.1) is 0 Å². The van der Waals surface area contributed by atoms with Crippen LogP contribution in [0.15, 0.2) is 79.3 Å². The molecule has 178 valence electrons. The van der Waals surface area contributed by atoms with Crippen molar-refractivity contribution in [2.45, 2.75) is 33.9 Å². The number of hydrogen-bond donors (Lipinski definition) is 0. The van der Waals surface area contributed by atoms with Gasteiger partial charge in [-0.25, -0.2) is 9.78 Å². The van der Waals surface area contributed by atoms with Crippen molar-refractivity contribution in [1.82, 2.24) is 14.5 Å². The molecule has 0 radical (unpaired) electrons. The van der Waals surface area contributed by atoms with E-state index in [1.54, 1.807) is 19.3 Å². The summed E-state index contributed by atoms with van der Waals surface area (Å²) < 4.78 is 13.4. The SMILES string of the molecule is CCOC(=O)/C(=C/c1cc(C)c(OCc2ccccn2)c(C)c1)c1nccn1Cc1ccccc1. The molecule has 35 heavy (non-hydrogen) atoms. The monoisotopic (exact) mass is 467 g/mol. The minimum atomic E-state index is -0.404. The van der Waals surface area contributed by atoms with Crippen molar-refractivity contribution in [3.05, 3.63) is 113 Å². The van der Waals surface area contributed by atoms with Crippen molar-refractivity contribution in [3.8, 4) is 5.75 Å². The van der Waals surface area contributed by atoms with Gasteiger partial charge in [-0.3, -0.25) is 4.98 Å². The van der Waals surface area contributed by atoms with Gasteiger partial charge >= 0.3 is 5.97 Å². The third-order valence-electron chi connectivity index (χ3n) is 5.53. The highest BCUT2D eigenvalue weighted by Gasteiger charge is 2.19. The number of imidazole rings is 1. The highest BCUT2D eigenvalue weighted by Crippen LogP contribution is 2.28. The predicted molar refractivity (Wildman–Crippen MR) is 137 cm³/mol. The number of carbonyl (C=O) groups is 1. The van der Waals surface area contributed by atoms with E-state index in [2.05, 4.69) is 9.97 Å². The van der Waals surface area contributed by atoms with Gasteiger partial charge in [0.25, 0.3) is 0 Å². The fourth-order valence-electron chi connectivity index (χ4n) is 3.98. The van der Waals surface area contributed by atoms with E-state index >= 15 is 0 Å². The predicted octanol–water partition coefficient (Wildman–Crippen LogP) is 5.63. The number of benzene rings is 2. The third-order valence-corrected chi connectivity index (χ3v) is 5.53. The highest BCUT2D eigenvalue weighted by atomic mass is 16.5. The number of ether oxygens (including phenoxy) is 2. The van der Waals surface area contributed by atoms with Gasteiger partial charge in [0.2, 0.25) is 0 Å². The molecule has 6 nitrogen and oxygen atoms in total. The Hall–Kier alpha value is -4.19. The second-order valence-electron chi connectivity index (χ2n) is 8.24. The number of esters is 1. The number of rotatable bonds is 9. The van der Waals surface area contributed by atoms with Gasteiger partial charge in [-0.1, -0.05) is 36.4 Å². The maximum Gasteiger partial charge on any atom is 0.341 e. The first-order valence-corrected chi connectivity index (χ1v) is 11.6. The van der Waals surface area contributed by atoms with Gasteiger partial charge < -0.3 is 14.0 Å². The fraction of sp³-hybridized carbons (Fsp3) is 0.207. The Bertz CT molecular complexity index is 1290. The summed E-state index contributed by atoms with van der Waals surface area (Å²) in [5.41, 5.74) is 5.23. The average Bonchev–Trinajstić information content (AvgIpc) is 3.31. The van der Waals surface area contributed by atoms with Crippen molar-refractivity contribution in [1.29, 1.82) is 0 Å². The number of nitrogens with zero attached hydrogens (tertiary/aromatic N) is 3. The van der Waals surface area contributed by atoms with Crippen LogP contribution in [-0.4, -0.2) is 27.1 Å². The minimum Gasteiger partial charge on any atom is -0.487 e. The van der Waals surface area contributed by atoms with Gasteiger partial charge in [-0.05, 0) is 73.4 Å². The molecular formula is C29H29N3O3. The highest BCUT2D eigenvalue weighted by molar-refractivity contribution is 6.20. The number of aromatic nitrogens is 3. The molecule has 0 fully saturated rings. The van der Waals surface area contributed by atoms with E-state index in [-0.39, 0.29) is 6.61 Å². The second kappa shape index (κ2) is 11.3. The standard InChI is InChI=1S/C29H29N3O3/c1-4-34-29(33)26(28-31-14-15-32(28)19-23-10-6-5-7-11-23)18-24-16-21(2)27(22(3)17-24)35-20-25-12-8-9-13-30-25/h5-18H,4,19-20H2,1-3H3/b26-18+. The smallest absolute Gasteiger partial charge is 0.341 e. The van der Waals surface area contributed by atoms with Crippen molar-refractivity contribution in [2.75, 3.05) is 6.61 Å². The van der Waals surface area contributed by atoms with E-state index in [9.17, 15) is 4.79 Å². The molecule has 0 N–H and O–H groups in total. The van der Waals surface area contributed by atoms with Crippen LogP contribution in [0.4, 0.5) is 0 Å². The quantitative estimate of drug-likeness (QED) is 0.236. The normalized spacial score (nSPS) is 11.3. The van der Waals surface area contributed by atoms with Crippen LogP contribution in [0, 0.1) is 13.8 Å². The van der Waals surface area contributed by atoms with Crippen molar-refractivity contribution >= 4 is 17.6 Å². The molecular weight excluding hydrogens is 438 g/mol. The van der Waals surface area contributed by atoms with Gasteiger partial charge in [0.1, 0.15) is 23.8 Å². The van der Waals surface area contributed by atoms with Crippen LogP contribution in [0.25, 0.3) is 11.6 Å². The summed E-state index contributed by atoms with van der Waals surface area (Å²) in [5, 5.41) is 0. The van der Waals surface area contributed by atoms with Gasteiger partial charge in [-0.2, -0.15) is 0 Å². The Morgan fingerprint density at radius 1 is 0.971 bits per heavy atom. The molecule has 2 aromatic heterocycles. The van der Waals surface area contributed by atoms with Crippen LogP contribution in [0.3, 0.4) is 0 Å². The molecule has 0 unspecified atom stereocenters. The van der Waals surface area contributed by atoms with Crippen LogP contribution in [0.2, 0.25) is 0 Å². The van der Waals surface area contributed by atoms with E-state index in [0.717, 1.165) is 33.7 Å².